The van der Waals surface area contributed by atoms with E-state index < -0.39 is 25.6 Å². The van der Waals surface area contributed by atoms with E-state index in [0.717, 1.165) is 22.9 Å². The zero-order valence-electron chi connectivity index (χ0n) is 13.6. The number of rotatable bonds is 5. The number of hydrogen-bond acceptors (Lipinski definition) is 4. The van der Waals surface area contributed by atoms with Crippen LogP contribution in [0.1, 0.15) is 23.7 Å². The summed E-state index contributed by atoms with van der Waals surface area (Å²) in [7, 11) is -7.08. The predicted octanol–water partition coefficient (Wildman–Crippen LogP) is 1.77. The lowest BCUT2D eigenvalue weighted by atomic mass is 10.1. The van der Waals surface area contributed by atoms with E-state index in [9.17, 15) is 16.8 Å². The molecule has 1 aliphatic rings. The standard InChI is InChI=1S/C16H20N2O4S2/c1-3-15-11(2)14-8-12(4-5-16(14)18-15)9-17-24(21,22)13-6-7-23(19,20)10-13/h4-6,8,17-18H,3,7,9-10H2,1-2H3. The summed E-state index contributed by atoms with van der Waals surface area (Å²) in [5.74, 6) is -0.629. The molecule has 0 spiro atoms. The maximum absolute atomic E-state index is 12.2. The van der Waals surface area contributed by atoms with Gasteiger partial charge in [0.05, 0.1) is 16.4 Å². The van der Waals surface area contributed by atoms with Crippen molar-refractivity contribution in [2.24, 2.45) is 0 Å². The maximum Gasteiger partial charge on any atom is 0.237 e. The van der Waals surface area contributed by atoms with Gasteiger partial charge in [-0.2, -0.15) is 0 Å². The molecule has 0 fully saturated rings. The highest BCUT2D eigenvalue weighted by molar-refractivity contribution is 7.97. The molecule has 2 N–H and O–H groups in total. The van der Waals surface area contributed by atoms with Crippen molar-refractivity contribution < 1.29 is 16.8 Å². The number of sulfonamides is 1. The van der Waals surface area contributed by atoms with Crippen molar-refractivity contribution in [1.29, 1.82) is 0 Å². The van der Waals surface area contributed by atoms with Crippen molar-refractivity contribution >= 4 is 30.8 Å². The fraction of sp³-hybridized carbons (Fsp3) is 0.375. The number of sulfone groups is 1. The summed E-state index contributed by atoms with van der Waals surface area (Å²) in [6.45, 7) is 4.25. The molecule has 0 amide bonds. The normalized spacial score (nSPS) is 17.3. The van der Waals surface area contributed by atoms with Gasteiger partial charge in [-0.1, -0.05) is 19.1 Å². The minimum atomic E-state index is -3.77. The molecule has 0 radical (unpaired) electrons. The largest absolute Gasteiger partial charge is 0.358 e. The number of H-pyrrole nitrogens is 1. The van der Waals surface area contributed by atoms with Crippen molar-refractivity contribution in [3.63, 3.8) is 0 Å². The van der Waals surface area contributed by atoms with Gasteiger partial charge in [0.2, 0.25) is 10.0 Å². The van der Waals surface area contributed by atoms with Gasteiger partial charge in [-0.15, -0.1) is 0 Å². The van der Waals surface area contributed by atoms with Crippen LogP contribution in [0, 0.1) is 6.92 Å². The van der Waals surface area contributed by atoms with Gasteiger partial charge in [0.1, 0.15) is 0 Å². The zero-order chi connectivity index (χ0) is 17.5. The Kier molecular flexibility index (Phi) is 4.31. The van der Waals surface area contributed by atoms with Crippen LogP contribution in [-0.4, -0.2) is 33.3 Å². The lowest BCUT2D eigenvalue weighted by Gasteiger charge is -2.07. The third-order valence-corrected chi connectivity index (χ3v) is 7.45. The van der Waals surface area contributed by atoms with Crippen molar-refractivity contribution in [1.82, 2.24) is 9.71 Å². The van der Waals surface area contributed by atoms with E-state index in [1.54, 1.807) is 0 Å². The van der Waals surface area contributed by atoms with Crippen LogP contribution in [0.15, 0.2) is 29.2 Å². The molecule has 1 aromatic carbocycles. The van der Waals surface area contributed by atoms with E-state index in [0.29, 0.717) is 0 Å². The number of hydrogen-bond donors (Lipinski definition) is 2. The smallest absolute Gasteiger partial charge is 0.237 e. The summed E-state index contributed by atoms with van der Waals surface area (Å²) in [4.78, 5) is 3.29. The summed E-state index contributed by atoms with van der Waals surface area (Å²) in [6, 6.07) is 5.76. The van der Waals surface area contributed by atoms with Crippen LogP contribution >= 0.6 is 0 Å². The number of fused-ring (bicyclic) bond motifs is 1. The van der Waals surface area contributed by atoms with Gasteiger partial charge in [0, 0.05) is 23.1 Å². The minimum absolute atomic E-state index is 0.0605. The molecule has 130 valence electrons. The van der Waals surface area contributed by atoms with Crippen molar-refractivity contribution in [3.05, 3.63) is 46.0 Å². The fourth-order valence-corrected chi connectivity index (χ4v) is 6.14. The molecule has 0 aliphatic carbocycles. The third-order valence-electron chi connectivity index (χ3n) is 4.32. The summed E-state index contributed by atoms with van der Waals surface area (Å²) in [5.41, 5.74) is 4.20. The molecule has 1 aromatic heterocycles. The first kappa shape index (κ1) is 17.2. The maximum atomic E-state index is 12.2. The molecular weight excluding hydrogens is 348 g/mol. The topological polar surface area (TPSA) is 96.1 Å². The summed E-state index contributed by atoms with van der Waals surface area (Å²) in [5, 5.41) is 1.08. The average molecular weight is 368 g/mol. The van der Waals surface area contributed by atoms with Crippen LogP contribution in [0.4, 0.5) is 0 Å². The number of aryl methyl sites for hydroxylation is 2. The summed E-state index contributed by atoms with van der Waals surface area (Å²) in [6.07, 6.45) is 2.18. The monoisotopic (exact) mass is 368 g/mol. The molecule has 2 heterocycles. The first-order valence-corrected chi connectivity index (χ1v) is 11.0. The summed E-state index contributed by atoms with van der Waals surface area (Å²) >= 11 is 0. The van der Waals surface area contributed by atoms with Crippen molar-refractivity contribution in [2.75, 3.05) is 11.5 Å². The Morgan fingerprint density at radius 2 is 2.04 bits per heavy atom. The van der Waals surface area contributed by atoms with Crippen molar-refractivity contribution in [2.45, 2.75) is 26.8 Å². The van der Waals surface area contributed by atoms with Gasteiger partial charge in [-0.25, -0.2) is 21.6 Å². The zero-order valence-corrected chi connectivity index (χ0v) is 15.2. The lowest BCUT2D eigenvalue weighted by Crippen LogP contribution is -2.25. The van der Waals surface area contributed by atoms with Gasteiger partial charge < -0.3 is 4.98 Å². The second-order valence-electron chi connectivity index (χ2n) is 6.01. The molecule has 0 atom stereocenters. The molecule has 24 heavy (non-hydrogen) atoms. The van der Waals surface area contributed by atoms with Gasteiger partial charge in [0.25, 0.3) is 0 Å². The van der Waals surface area contributed by atoms with Crippen molar-refractivity contribution in [3.8, 4) is 0 Å². The molecule has 8 heteroatoms. The highest BCUT2D eigenvalue weighted by Crippen LogP contribution is 2.24. The van der Waals surface area contributed by atoms with E-state index in [1.165, 1.54) is 17.3 Å². The van der Waals surface area contributed by atoms with E-state index >= 15 is 0 Å². The highest BCUT2D eigenvalue weighted by Gasteiger charge is 2.28. The van der Waals surface area contributed by atoms with Gasteiger partial charge in [0.15, 0.2) is 9.84 Å². The van der Waals surface area contributed by atoms with Crippen LogP contribution in [0.2, 0.25) is 0 Å². The van der Waals surface area contributed by atoms with Crippen LogP contribution < -0.4 is 4.72 Å². The Balaban J connectivity index is 1.79. The molecular formula is C16H20N2O4S2. The van der Waals surface area contributed by atoms with Gasteiger partial charge in [-0.3, -0.25) is 0 Å². The molecule has 2 aromatic rings. The highest BCUT2D eigenvalue weighted by atomic mass is 32.2. The van der Waals surface area contributed by atoms with E-state index in [4.69, 9.17) is 0 Å². The molecule has 0 bridgehead atoms. The SMILES string of the molecule is CCc1[nH]c2ccc(CNS(=O)(=O)C3=CCS(=O)(=O)C3)cc2c1C. The molecule has 0 saturated carbocycles. The Hall–Kier alpha value is -1.64. The second kappa shape index (κ2) is 6.02. The quantitative estimate of drug-likeness (QED) is 0.841. The Bertz CT molecular complexity index is 1030. The minimum Gasteiger partial charge on any atom is -0.358 e. The number of aromatic amines is 1. The second-order valence-corrected chi connectivity index (χ2v) is 9.94. The van der Waals surface area contributed by atoms with E-state index in [2.05, 4.69) is 16.6 Å². The van der Waals surface area contributed by atoms with E-state index in [-0.39, 0.29) is 17.2 Å². The Labute approximate surface area is 141 Å². The van der Waals surface area contributed by atoms with Crippen LogP contribution in [0.25, 0.3) is 10.9 Å². The first-order chi connectivity index (χ1) is 11.2. The van der Waals surface area contributed by atoms with Crippen LogP contribution in [0.3, 0.4) is 0 Å². The molecule has 0 unspecified atom stereocenters. The van der Waals surface area contributed by atoms with Gasteiger partial charge in [-0.05, 0) is 36.6 Å². The number of aromatic nitrogens is 1. The molecule has 1 aliphatic heterocycles. The summed E-state index contributed by atoms with van der Waals surface area (Å²) < 4.78 is 49.8. The molecule has 3 rings (SSSR count). The number of benzene rings is 1. The fourth-order valence-electron chi connectivity index (χ4n) is 2.91. The Morgan fingerprint density at radius 3 is 2.67 bits per heavy atom. The van der Waals surface area contributed by atoms with Crippen LogP contribution in [-0.2, 0) is 32.8 Å². The van der Waals surface area contributed by atoms with E-state index in [1.807, 2.05) is 25.1 Å². The van der Waals surface area contributed by atoms with Crippen LogP contribution in [0.5, 0.6) is 0 Å². The molecule has 6 nitrogen and oxygen atoms in total. The third kappa shape index (κ3) is 3.26. The molecule has 0 saturated heterocycles. The lowest BCUT2D eigenvalue weighted by molar-refractivity contribution is 0.586. The van der Waals surface area contributed by atoms with Gasteiger partial charge >= 0.3 is 0 Å². The number of nitrogens with one attached hydrogen (secondary N) is 2. The first-order valence-electron chi connectivity index (χ1n) is 7.71. The average Bonchev–Trinajstić information content (AvgIpc) is 3.06. The predicted molar refractivity (Wildman–Crippen MR) is 94.9 cm³/mol. The Morgan fingerprint density at radius 1 is 1.29 bits per heavy atom.